The number of aromatic nitrogens is 2. The van der Waals surface area contributed by atoms with Gasteiger partial charge in [0.2, 0.25) is 5.91 Å². The van der Waals surface area contributed by atoms with Crippen LogP contribution in [0.2, 0.25) is 0 Å². The number of H-pyrrole nitrogens is 1. The third kappa shape index (κ3) is 4.04. The maximum Gasteiger partial charge on any atom is 0.231 e. The number of carbonyl (C=O) groups is 1. The highest BCUT2D eigenvalue weighted by molar-refractivity contribution is 7.99. The Balaban J connectivity index is 1.29. The summed E-state index contributed by atoms with van der Waals surface area (Å²) in [5.41, 5.74) is 2.48. The Labute approximate surface area is 184 Å². The van der Waals surface area contributed by atoms with Gasteiger partial charge in [-0.3, -0.25) is 4.79 Å². The maximum atomic E-state index is 12.9. The number of thioether (sulfide) groups is 1. The summed E-state index contributed by atoms with van der Waals surface area (Å²) in [5.74, 6) is 2.60. The van der Waals surface area contributed by atoms with Crippen molar-refractivity contribution < 1.29 is 19.0 Å². The minimum absolute atomic E-state index is 0.000161. The van der Waals surface area contributed by atoms with Gasteiger partial charge < -0.3 is 24.5 Å². The predicted molar refractivity (Wildman–Crippen MR) is 119 cm³/mol. The van der Waals surface area contributed by atoms with Crippen LogP contribution in [0, 0.1) is 0 Å². The van der Waals surface area contributed by atoms with Crippen LogP contribution in [0.15, 0.2) is 41.6 Å². The molecule has 1 fully saturated rings. The van der Waals surface area contributed by atoms with E-state index in [1.807, 2.05) is 30.3 Å². The van der Waals surface area contributed by atoms with E-state index >= 15 is 0 Å². The van der Waals surface area contributed by atoms with Crippen LogP contribution in [-0.2, 0) is 10.3 Å². The molecular weight excluding hydrogens is 414 g/mol. The number of rotatable bonds is 6. The summed E-state index contributed by atoms with van der Waals surface area (Å²) in [4.78, 5) is 20.7. The molecule has 0 unspecified atom stereocenters. The van der Waals surface area contributed by atoms with E-state index in [2.05, 4.69) is 21.4 Å². The van der Waals surface area contributed by atoms with Crippen molar-refractivity contribution in [3.63, 3.8) is 0 Å². The number of ether oxygens (including phenoxy) is 3. The number of hydrogen-bond acceptors (Lipinski definition) is 6. The lowest BCUT2D eigenvalue weighted by atomic mass is 9.87. The molecule has 31 heavy (non-hydrogen) atoms. The molecule has 8 heteroatoms. The number of nitrogens with one attached hydrogen (secondary N) is 2. The predicted octanol–water partition coefficient (Wildman–Crippen LogP) is 4.02. The molecule has 2 aromatic carbocycles. The number of benzene rings is 2. The molecule has 5 rings (SSSR count). The van der Waals surface area contributed by atoms with E-state index in [0.29, 0.717) is 19.0 Å². The highest BCUT2D eigenvalue weighted by Crippen LogP contribution is 2.42. The van der Waals surface area contributed by atoms with Gasteiger partial charge in [0.1, 0.15) is 19.0 Å². The van der Waals surface area contributed by atoms with Gasteiger partial charge in [0, 0.05) is 6.07 Å². The lowest BCUT2D eigenvalue weighted by Crippen LogP contribution is -2.44. The van der Waals surface area contributed by atoms with Crippen molar-refractivity contribution in [1.29, 1.82) is 0 Å². The van der Waals surface area contributed by atoms with Gasteiger partial charge in [0.25, 0.3) is 0 Å². The van der Waals surface area contributed by atoms with Crippen molar-refractivity contribution in [3.8, 4) is 17.2 Å². The zero-order chi connectivity index (χ0) is 21.3. The summed E-state index contributed by atoms with van der Waals surface area (Å²) in [6.45, 7) is 1.12. The van der Waals surface area contributed by atoms with Gasteiger partial charge in [-0.15, -0.1) is 0 Å². The lowest BCUT2D eigenvalue weighted by molar-refractivity contribution is -0.120. The molecule has 0 atom stereocenters. The first kappa shape index (κ1) is 20.1. The fourth-order valence-electron chi connectivity index (χ4n) is 4.40. The average molecular weight is 440 g/mol. The molecule has 1 aromatic heterocycles. The highest BCUT2D eigenvalue weighted by atomic mass is 32.2. The van der Waals surface area contributed by atoms with Crippen LogP contribution in [0.5, 0.6) is 17.2 Å². The molecule has 2 heterocycles. The largest absolute Gasteiger partial charge is 0.497 e. The van der Waals surface area contributed by atoms with Gasteiger partial charge in [0.15, 0.2) is 16.7 Å². The Morgan fingerprint density at radius 2 is 1.97 bits per heavy atom. The first-order valence-electron chi connectivity index (χ1n) is 10.5. The number of fused-ring (bicyclic) bond motifs is 2. The summed E-state index contributed by atoms with van der Waals surface area (Å²) >= 11 is 1.40. The van der Waals surface area contributed by atoms with Gasteiger partial charge in [0.05, 0.1) is 29.4 Å². The standard InChI is InChI=1S/C23H25N3O4S/c1-28-16-5-6-17-18(13-16)25-22(24-17)31-14-21(27)26-23(8-2-3-9-23)15-4-7-19-20(12-15)30-11-10-29-19/h4-7,12-13H,2-3,8-11,14H2,1H3,(H,24,25)(H,26,27). The van der Waals surface area contributed by atoms with Crippen LogP contribution in [0.1, 0.15) is 31.2 Å². The van der Waals surface area contributed by atoms with Crippen molar-refractivity contribution in [2.24, 2.45) is 0 Å². The molecule has 0 saturated heterocycles. The molecule has 3 aromatic rings. The average Bonchev–Trinajstić information content (AvgIpc) is 3.44. The Bertz CT molecular complexity index is 1110. The van der Waals surface area contributed by atoms with Gasteiger partial charge in [-0.2, -0.15) is 0 Å². The number of methoxy groups -OCH3 is 1. The lowest BCUT2D eigenvalue weighted by Gasteiger charge is -2.32. The normalized spacial score (nSPS) is 16.9. The van der Waals surface area contributed by atoms with Crippen LogP contribution in [-0.4, -0.2) is 42.0 Å². The highest BCUT2D eigenvalue weighted by Gasteiger charge is 2.37. The number of amides is 1. The molecule has 1 amide bonds. The molecule has 1 aliphatic carbocycles. The Morgan fingerprint density at radius 3 is 2.77 bits per heavy atom. The smallest absolute Gasteiger partial charge is 0.231 e. The van der Waals surface area contributed by atoms with E-state index < -0.39 is 0 Å². The minimum atomic E-state index is -0.352. The monoisotopic (exact) mass is 439 g/mol. The minimum Gasteiger partial charge on any atom is -0.497 e. The van der Waals surface area contributed by atoms with E-state index in [0.717, 1.165) is 64.7 Å². The number of hydrogen-bond donors (Lipinski definition) is 2. The number of nitrogens with zero attached hydrogens (tertiary/aromatic N) is 1. The summed E-state index contributed by atoms with van der Waals surface area (Å²) in [5, 5.41) is 4.04. The Kier molecular flexibility index (Phi) is 5.40. The third-order valence-corrected chi connectivity index (χ3v) is 6.81. The van der Waals surface area contributed by atoms with Gasteiger partial charge in [-0.1, -0.05) is 30.7 Å². The third-order valence-electron chi connectivity index (χ3n) is 5.94. The second-order valence-electron chi connectivity index (χ2n) is 7.91. The molecule has 0 bridgehead atoms. The van der Waals surface area contributed by atoms with Gasteiger partial charge >= 0.3 is 0 Å². The van der Waals surface area contributed by atoms with Crippen molar-refractivity contribution >= 4 is 28.7 Å². The van der Waals surface area contributed by atoms with Crippen LogP contribution >= 0.6 is 11.8 Å². The van der Waals surface area contributed by atoms with Gasteiger partial charge in [-0.05, 0) is 42.7 Å². The summed E-state index contributed by atoms with van der Waals surface area (Å²) in [6.07, 6.45) is 4.03. The quantitative estimate of drug-likeness (QED) is 0.565. The van der Waals surface area contributed by atoms with E-state index in [4.69, 9.17) is 14.2 Å². The molecule has 7 nitrogen and oxygen atoms in total. The number of imidazole rings is 1. The molecule has 1 saturated carbocycles. The molecule has 1 aliphatic heterocycles. The topological polar surface area (TPSA) is 85.5 Å². The second kappa shape index (κ2) is 8.34. The molecule has 162 valence electrons. The summed E-state index contributed by atoms with van der Waals surface area (Å²) in [6, 6.07) is 11.7. The molecule has 2 N–H and O–H groups in total. The fourth-order valence-corrected chi connectivity index (χ4v) is 5.09. The van der Waals surface area contributed by atoms with Gasteiger partial charge in [-0.25, -0.2) is 4.98 Å². The van der Waals surface area contributed by atoms with E-state index in [-0.39, 0.29) is 11.4 Å². The molecule has 0 spiro atoms. The Hall–Kier alpha value is -2.87. The zero-order valence-corrected chi connectivity index (χ0v) is 18.2. The summed E-state index contributed by atoms with van der Waals surface area (Å²) < 4.78 is 16.7. The molecular formula is C23H25N3O4S. The first-order valence-corrected chi connectivity index (χ1v) is 11.5. The number of carbonyl (C=O) groups excluding carboxylic acids is 1. The van der Waals surface area contributed by atoms with Crippen LogP contribution in [0.4, 0.5) is 0 Å². The van der Waals surface area contributed by atoms with E-state index in [9.17, 15) is 4.79 Å². The SMILES string of the molecule is COc1ccc2nc(SCC(=O)NC3(c4ccc5c(c4)OCCO5)CCCC3)[nH]c2c1. The van der Waals surface area contributed by atoms with Crippen molar-refractivity contribution in [2.45, 2.75) is 36.4 Å². The van der Waals surface area contributed by atoms with Crippen LogP contribution < -0.4 is 19.5 Å². The molecule has 2 aliphatic rings. The fraction of sp³-hybridized carbons (Fsp3) is 0.391. The van der Waals surface area contributed by atoms with Crippen LogP contribution in [0.25, 0.3) is 11.0 Å². The number of aromatic amines is 1. The van der Waals surface area contributed by atoms with Crippen LogP contribution in [0.3, 0.4) is 0 Å². The van der Waals surface area contributed by atoms with Crippen molar-refractivity contribution in [3.05, 3.63) is 42.0 Å². The van der Waals surface area contributed by atoms with E-state index in [1.54, 1.807) is 7.11 Å². The zero-order valence-electron chi connectivity index (χ0n) is 17.4. The molecule has 0 radical (unpaired) electrons. The Morgan fingerprint density at radius 1 is 1.16 bits per heavy atom. The summed E-state index contributed by atoms with van der Waals surface area (Å²) in [7, 11) is 1.64. The van der Waals surface area contributed by atoms with Crippen molar-refractivity contribution in [1.82, 2.24) is 15.3 Å². The first-order chi connectivity index (χ1) is 15.1. The second-order valence-corrected chi connectivity index (χ2v) is 8.87. The van der Waals surface area contributed by atoms with E-state index in [1.165, 1.54) is 11.8 Å². The maximum absolute atomic E-state index is 12.9. The van der Waals surface area contributed by atoms with Crippen molar-refractivity contribution in [2.75, 3.05) is 26.1 Å².